The van der Waals surface area contributed by atoms with Crippen LogP contribution in [0.25, 0.3) is 44.2 Å². The predicted octanol–water partition coefficient (Wildman–Crippen LogP) is 8.03. The Balaban J connectivity index is 1.01. The molecule has 1 aliphatic carbocycles. The van der Waals surface area contributed by atoms with Crippen LogP contribution >= 0.6 is 0 Å². The van der Waals surface area contributed by atoms with Crippen LogP contribution in [0, 0.1) is 17.8 Å². The molecule has 0 bridgehead atoms. The first kappa shape index (κ1) is 40.8. The van der Waals surface area contributed by atoms with Gasteiger partial charge in [0.25, 0.3) is 0 Å². The number of carbonyl (C=O) groups excluding carboxylic acids is 4. The number of nitrogens with zero attached hydrogens (tertiary/aromatic N) is 4. The van der Waals surface area contributed by atoms with Gasteiger partial charge in [0.05, 0.1) is 49.2 Å². The van der Waals surface area contributed by atoms with Crippen LogP contribution in [0.15, 0.2) is 60.8 Å². The van der Waals surface area contributed by atoms with E-state index in [1.807, 2.05) is 49.8 Å². The molecule has 3 aromatic carbocycles. The van der Waals surface area contributed by atoms with E-state index in [1.165, 1.54) is 14.2 Å². The molecule has 8 rings (SSSR count). The number of ether oxygens (including phenoxy) is 2. The highest BCUT2D eigenvalue weighted by Crippen LogP contribution is 2.46. The van der Waals surface area contributed by atoms with Gasteiger partial charge in [-0.2, -0.15) is 0 Å². The maximum absolute atomic E-state index is 14.3. The summed E-state index contributed by atoms with van der Waals surface area (Å²) in [7, 11) is 2.61. The molecule has 316 valence electrons. The second-order valence-electron chi connectivity index (χ2n) is 17.3. The van der Waals surface area contributed by atoms with Crippen LogP contribution in [-0.2, 0) is 19.1 Å². The molecule has 14 nitrogen and oxygen atoms in total. The van der Waals surface area contributed by atoms with Crippen molar-refractivity contribution in [2.45, 2.75) is 103 Å². The SMILES string of the molecule is COC(=O)NC(C(=O)N1CCCC1c1ncc(-c2ccc3cc(-c4ccc5nc(C6CC7CCCCC7N6C(=O)C(NC(=O)OC)C(C)C)[nH]c5c4)ccc3c2)[nH]1)C(C)C. The van der Waals surface area contributed by atoms with Gasteiger partial charge < -0.3 is 39.9 Å². The molecule has 6 unspecified atom stereocenters. The Kier molecular flexibility index (Phi) is 11.6. The van der Waals surface area contributed by atoms with Gasteiger partial charge in [0.15, 0.2) is 0 Å². The Morgan fingerprint density at radius 2 is 1.35 bits per heavy atom. The maximum Gasteiger partial charge on any atom is 0.407 e. The summed E-state index contributed by atoms with van der Waals surface area (Å²) in [5.74, 6) is 1.46. The van der Waals surface area contributed by atoms with E-state index in [9.17, 15) is 19.2 Å². The smallest absolute Gasteiger partial charge is 0.407 e. The van der Waals surface area contributed by atoms with Crippen LogP contribution in [0.1, 0.15) is 96.4 Å². The molecule has 4 amide bonds. The summed E-state index contributed by atoms with van der Waals surface area (Å²) < 4.78 is 9.66. The predicted molar refractivity (Wildman–Crippen MR) is 229 cm³/mol. The minimum Gasteiger partial charge on any atom is -0.453 e. The summed E-state index contributed by atoms with van der Waals surface area (Å²) >= 11 is 0. The van der Waals surface area contributed by atoms with Crippen LogP contribution < -0.4 is 10.6 Å². The van der Waals surface area contributed by atoms with E-state index in [0.29, 0.717) is 12.5 Å². The van der Waals surface area contributed by atoms with Crippen molar-refractivity contribution in [2.24, 2.45) is 17.8 Å². The van der Waals surface area contributed by atoms with Gasteiger partial charge in [-0.1, -0.05) is 70.9 Å². The van der Waals surface area contributed by atoms with E-state index < -0.39 is 24.3 Å². The van der Waals surface area contributed by atoms with Crippen molar-refractivity contribution in [2.75, 3.05) is 20.8 Å². The Labute approximate surface area is 350 Å². The van der Waals surface area contributed by atoms with E-state index in [-0.39, 0.29) is 41.8 Å². The van der Waals surface area contributed by atoms with Crippen molar-refractivity contribution in [1.82, 2.24) is 40.4 Å². The quantitative estimate of drug-likeness (QED) is 0.110. The number of H-pyrrole nitrogens is 2. The summed E-state index contributed by atoms with van der Waals surface area (Å²) in [6.07, 6.45) is 7.33. The van der Waals surface area contributed by atoms with Crippen molar-refractivity contribution in [3.63, 3.8) is 0 Å². The minimum absolute atomic E-state index is 0.0816. The summed E-state index contributed by atoms with van der Waals surface area (Å²) in [5.41, 5.74) is 5.73. The highest BCUT2D eigenvalue weighted by atomic mass is 16.5. The van der Waals surface area contributed by atoms with Gasteiger partial charge in [-0.05, 0) is 96.0 Å². The fraction of sp³-hybridized carbons (Fsp3) is 0.478. The lowest BCUT2D eigenvalue weighted by Crippen LogP contribution is -2.53. The molecule has 6 atom stereocenters. The van der Waals surface area contributed by atoms with E-state index in [0.717, 1.165) is 101 Å². The molecule has 2 saturated heterocycles. The average Bonchev–Trinajstić information content (AvgIpc) is 4.08. The second kappa shape index (κ2) is 17.0. The number of hydrogen-bond donors (Lipinski definition) is 4. The Morgan fingerprint density at radius 1 is 0.717 bits per heavy atom. The number of benzene rings is 3. The standard InChI is InChI=1S/C46H56N8O6/c1-25(2)39(51-45(57)59-5)43(55)53-19-9-12-37(53)41-47-24-35(50-41)31-16-15-27-20-28(13-14-29(27)21-31)30-17-18-33-34(22-30)49-42(48-33)38-23-32-10-7-8-11-36(32)54(38)44(56)40(26(3)4)52-46(58)60-6/h13-18,20-22,24-26,32,36-40H,7-12,19,23H2,1-6H3,(H,47,50)(H,48,49)(H,51,57)(H,52,58). The van der Waals surface area contributed by atoms with Crippen LogP contribution in [0.5, 0.6) is 0 Å². The number of aromatic nitrogens is 4. The number of aromatic amines is 2. The molecule has 4 heterocycles. The van der Waals surface area contributed by atoms with Crippen molar-refractivity contribution in [3.8, 4) is 22.4 Å². The highest BCUT2D eigenvalue weighted by Gasteiger charge is 2.48. The van der Waals surface area contributed by atoms with Crippen LogP contribution in [0.2, 0.25) is 0 Å². The molecule has 3 aliphatic rings. The van der Waals surface area contributed by atoms with Crippen LogP contribution in [0.4, 0.5) is 9.59 Å². The van der Waals surface area contributed by atoms with Gasteiger partial charge in [0, 0.05) is 18.2 Å². The molecule has 1 saturated carbocycles. The Hall–Kier alpha value is -5.92. The van der Waals surface area contributed by atoms with E-state index >= 15 is 0 Å². The van der Waals surface area contributed by atoms with E-state index in [1.54, 1.807) is 0 Å². The molecule has 0 radical (unpaired) electrons. The zero-order valence-corrected chi connectivity index (χ0v) is 35.3. The number of methoxy groups -OCH3 is 2. The van der Waals surface area contributed by atoms with Crippen molar-refractivity contribution in [3.05, 3.63) is 72.4 Å². The zero-order valence-electron chi connectivity index (χ0n) is 35.3. The maximum atomic E-state index is 14.3. The number of fused-ring (bicyclic) bond motifs is 3. The fourth-order valence-electron chi connectivity index (χ4n) is 9.69. The van der Waals surface area contributed by atoms with Crippen molar-refractivity contribution >= 4 is 45.8 Å². The van der Waals surface area contributed by atoms with Crippen molar-refractivity contribution in [1.29, 1.82) is 0 Å². The molecular weight excluding hydrogens is 761 g/mol. The first-order chi connectivity index (χ1) is 28.9. The molecule has 3 fully saturated rings. The average molecular weight is 817 g/mol. The molecule has 2 aromatic heterocycles. The third kappa shape index (κ3) is 7.91. The van der Waals surface area contributed by atoms with Gasteiger partial charge in [-0.15, -0.1) is 0 Å². The fourth-order valence-corrected chi connectivity index (χ4v) is 9.69. The topological polar surface area (TPSA) is 175 Å². The number of hydrogen-bond acceptors (Lipinski definition) is 8. The first-order valence-corrected chi connectivity index (χ1v) is 21.3. The molecule has 5 aromatic rings. The molecule has 0 spiro atoms. The monoisotopic (exact) mass is 816 g/mol. The van der Waals surface area contributed by atoms with Gasteiger partial charge in [-0.3, -0.25) is 9.59 Å². The zero-order chi connectivity index (χ0) is 42.2. The minimum atomic E-state index is -0.695. The lowest BCUT2D eigenvalue weighted by Gasteiger charge is -2.36. The van der Waals surface area contributed by atoms with E-state index in [4.69, 9.17) is 19.4 Å². The summed E-state index contributed by atoms with van der Waals surface area (Å²) in [5, 5.41) is 7.68. The third-order valence-electron chi connectivity index (χ3n) is 12.9. The first-order valence-electron chi connectivity index (χ1n) is 21.3. The van der Waals surface area contributed by atoms with E-state index in [2.05, 4.69) is 69.1 Å². The molecule has 60 heavy (non-hydrogen) atoms. The largest absolute Gasteiger partial charge is 0.453 e. The number of amides is 4. The molecular formula is C46H56N8O6. The Morgan fingerprint density at radius 3 is 2.05 bits per heavy atom. The lowest BCUT2D eigenvalue weighted by atomic mass is 9.84. The van der Waals surface area contributed by atoms with Gasteiger partial charge >= 0.3 is 12.2 Å². The Bertz CT molecular complexity index is 2400. The van der Waals surface area contributed by atoms with Gasteiger partial charge in [-0.25, -0.2) is 19.6 Å². The number of rotatable bonds is 10. The number of nitrogens with one attached hydrogen (secondary N) is 4. The summed E-state index contributed by atoms with van der Waals surface area (Å²) in [4.78, 5) is 72.9. The number of alkyl carbamates (subject to hydrolysis) is 2. The number of carbonyl (C=O) groups is 4. The second-order valence-corrected chi connectivity index (χ2v) is 17.3. The summed E-state index contributed by atoms with van der Waals surface area (Å²) in [6.45, 7) is 8.29. The summed E-state index contributed by atoms with van der Waals surface area (Å²) in [6, 6.07) is 17.3. The highest BCUT2D eigenvalue weighted by molar-refractivity contribution is 5.92. The van der Waals surface area contributed by atoms with Crippen molar-refractivity contribution < 1.29 is 28.7 Å². The number of likely N-dealkylation sites (tertiary alicyclic amines) is 2. The molecule has 4 N–H and O–H groups in total. The van der Waals surface area contributed by atoms with Crippen LogP contribution in [0.3, 0.4) is 0 Å². The van der Waals surface area contributed by atoms with Gasteiger partial charge in [0.1, 0.15) is 23.7 Å². The molecule has 14 heteroatoms. The third-order valence-corrected chi connectivity index (χ3v) is 12.9. The van der Waals surface area contributed by atoms with Crippen LogP contribution in [-0.4, -0.2) is 92.6 Å². The molecule has 2 aliphatic heterocycles. The van der Waals surface area contributed by atoms with Gasteiger partial charge in [0.2, 0.25) is 11.8 Å². The lowest BCUT2D eigenvalue weighted by molar-refractivity contribution is -0.138. The number of imidazole rings is 2. The normalized spacial score (nSPS) is 21.3.